The van der Waals surface area contributed by atoms with Crippen LogP contribution in [0.5, 0.6) is 0 Å². The maximum Gasteiger partial charge on any atom is 0.0162 e. The van der Waals surface area contributed by atoms with Crippen LogP contribution in [-0.2, 0) is 0 Å². The van der Waals surface area contributed by atoms with Gasteiger partial charge in [-0.05, 0) is 37.6 Å². The first kappa shape index (κ1) is 10.0. The lowest BCUT2D eigenvalue weighted by Crippen LogP contribution is -2.35. The van der Waals surface area contributed by atoms with Crippen molar-refractivity contribution >= 4 is 0 Å². The predicted molar refractivity (Wildman–Crippen MR) is 53.0 cm³/mol. The molecule has 0 saturated heterocycles. The van der Waals surface area contributed by atoms with Crippen molar-refractivity contribution in [1.29, 1.82) is 0 Å². The molecule has 0 aromatic carbocycles. The average Bonchev–Trinajstić information content (AvgIpc) is 2.86. The zero-order chi connectivity index (χ0) is 8.97. The Hall–Kier alpha value is -0.0800. The van der Waals surface area contributed by atoms with E-state index in [1.54, 1.807) is 0 Å². The Kier molecular flexibility index (Phi) is 4.02. The van der Waals surface area contributed by atoms with Crippen molar-refractivity contribution in [1.82, 2.24) is 5.32 Å². The molecular formula is C10H22N2. The molecule has 1 aliphatic rings. The third kappa shape index (κ3) is 3.55. The Bertz CT molecular complexity index is 121. The monoisotopic (exact) mass is 170 g/mol. The topological polar surface area (TPSA) is 38.0 Å². The van der Waals surface area contributed by atoms with Crippen LogP contribution in [0.4, 0.5) is 0 Å². The van der Waals surface area contributed by atoms with Gasteiger partial charge in [-0.25, -0.2) is 0 Å². The molecule has 1 fully saturated rings. The van der Waals surface area contributed by atoms with E-state index in [-0.39, 0.29) is 0 Å². The Balaban J connectivity index is 1.93. The largest absolute Gasteiger partial charge is 0.327 e. The molecule has 0 bridgehead atoms. The van der Waals surface area contributed by atoms with E-state index in [4.69, 9.17) is 5.73 Å². The van der Waals surface area contributed by atoms with Gasteiger partial charge in [-0.15, -0.1) is 0 Å². The summed E-state index contributed by atoms with van der Waals surface area (Å²) in [5.74, 6) is 1.87. The zero-order valence-electron chi connectivity index (χ0n) is 8.34. The summed E-state index contributed by atoms with van der Waals surface area (Å²) >= 11 is 0. The second-order valence-corrected chi connectivity index (χ2v) is 4.14. The van der Waals surface area contributed by atoms with Crippen LogP contribution in [-0.4, -0.2) is 19.1 Å². The number of nitrogens with one attached hydrogen (secondary N) is 1. The van der Waals surface area contributed by atoms with Gasteiger partial charge in [-0.2, -0.15) is 0 Å². The molecule has 0 spiro atoms. The van der Waals surface area contributed by atoms with E-state index < -0.39 is 0 Å². The average molecular weight is 170 g/mol. The highest BCUT2D eigenvalue weighted by Crippen LogP contribution is 2.35. The predicted octanol–water partition coefficient (Wildman–Crippen LogP) is 1.36. The van der Waals surface area contributed by atoms with E-state index >= 15 is 0 Å². The Morgan fingerprint density at radius 1 is 1.42 bits per heavy atom. The lowest BCUT2D eigenvalue weighted by atomic mass is 10.1. The summed E-state index contributed by atoms with van der Waals surface area (Å²) in [7, 11) is 0. The quantitative estimate of drug-likeness (QED) is 0.631. The summed E-state index contributed by atoms with van der Waals surface area (Å²) in [5, 5.41) is 3.43. The molecule has 2 nitrogen and oxygen atoms in total. The minimum Gasteiger partial charge on any atom is -0.327 e. The summed E-state index contributed by atoms with van der Waals surface area (Å²) in [6, 6.07) is 0.344. The van der Waals surface area contributed by atoms with Crippen molar-refractivity contribution in [3.8, 4) is 0 Å². The second kappa shape index (κ2) is 4.83. The van der Waals surface area contributed by atoms with Crippen LogP contribution < -0.4 is 11.1 Å². The van der Waals surface area contributed by atoms with Crippen LogP contribution >= 0.6 is 0 Å². The van der Waals surface area contributed by atoms with E-state index in [9.17, 15) is 0 Å². The lowest BCUT2D eigenvalue weighted by Gasteiger charge is -2.14. The van der Waals surface area contributed by atoms with Gasteiger partial charge >= 0.3 is 0 Å². The molecule has 72 valence electrons. The van der Waals surface area contributed by atoms with Crippen LogP contribution in [0.2, 0.25) is 0 Å². The van der Waals surface area contributed by atoms with Crippen LogP contribution in [0.3, 0.4) is 0 Å². The molecule has 0 aliphatic heterocycles. The van der Waals surface area contributed by atoms with Gasteiger partial charge in [0, 0.05) is 12.6 Å². The van der Waals surface area contributed by atoms with E-state index in [1.807, 2.05) is 0 Å². The second-order valence-electron chi connectivity index (χ2n) is 4.14. The molecule has 1 aliphatic carbocycles. The number of nitrogens with two attached hydrogens (primary N) is 1. The smallest absolute Gasteiger partial charge is 0.0162 e. The molecule has 3 N–H and O–H groups in total. The first-order valence-electron chi connectivity index (χ1n) is 5.20. The van der Waals surface area contributed by atoms with Crippen molar-refractivity contribution in [2.24, 2.45) is 17.6 Å². The van der Waals surface area contributed by atoms with Crippen LogP contribution in [0.15, 0.2) is 0 Å². The normalized spacial score (nSPS) is 22.2. The Labute approximate surface area is 75.9 Å². The van der Waals surface area contributed by atoms with Crippen LogP contribution in [0, 0.1) is 11.8 Å². The van der Waals surface area contributed by atoms with Gasteiger partial charge in [0.25, 0.3) is 0 Å². The fourth-order valence-electron chi connectivity index (χ4n) is 1.47. The van der Waals surface area contributed by atoms with E-state index in [1.165, 1.54) is 12.8 Å². The maximum absolute atomic E-state index is 5.79. The maximum atomic E-state index is 5.79. The van der Waals surface area contributed by atoms with Gasteiger partial charge < -0.3 is 11.1 Å². The summed E-state index contributed by atoms with van der Waals surface area (Å²) in [6.07, 6.45) is 3.97. The number of rotatable bonds is 6. The molecule has 1 rings (SSSR count). The van der Waals surface area contributed by atoms with Gasteiger partial charge in [0.1, 0.15) is 0 Å². The van der Waals surface area contributed by atoms with Gasteiger partial charge in [-0.3, -0.25) is 0 Å². The van der Waals surface area contributed by atoms with Crippen molar-refractivity contribution in [3.05, 3.63) is 0 Å². The lowest BCUT2D eigenvalue weighted by molar-refractivity contribution is 0.445. The molecule has 1 saturated carbocycles. The molecule has 2 atom stereocenters. The summed E-state index contributed by atoms with van der Waals surface area (Å²) in [5.41, 5.74) is 5.79. The SMILES string of the molecule is CCC(N)CNCC(C)C1CC1. The molecule has 0 aromatic heterocycles. The van der Waals surface area contributed by atoms with Crippen molar-refractivity contribution < 1.29 is 0 Å². The minimum absolute atomic E-state index is 0.344. The van der Waals surface area contributed by atoms with E-state index in [0.29, 0.717) is 6.04 Å². The molecule has 0 aromatic rings. The Morgan fingerprint density at radius 3 is 2.58 bits per heavy atom. The highest BCUT2D eigenvalue weighted by atomic mass is 14.9. The third-order valence-corrected chi connectivity index (χ3v) is 2.82. The summed E-state index contributed by atoms with van der Waals surface area (Å²) < 4.78 is 0. The third-order valence-electron chi connectivity index (χ3n) is 2.82. The standard InChI is InChI=1S/C10H22N2/c1-3-10(11)7-12-6-8(2)9-4-5-9/h8-10,12H,3-7,11H2,1-2H3. The summed E-state index contributed by atoms with van der Waals surface area (Å²) in [6.45, 7) is 6.60. The van der Waals surface area contributed by atoms with Crippen molar-refractivity contribution in [2.75, 3.05) is 13.1 Å². The van der Waals surface area contributed by atoms with Gasteiger partial charge in [0.2, 0.25) is 0 Å². The highest BCUT2D eigenvalue weighted by Gasteiger charge is 2.27. The molecule has 0 heterocycles. The first-order valence-corrected chi connectivity index (χ1v) is 5.20. The van der Waals surface area contributed by atoms with Crippen molar-refractivity contribution in [2.45, 2.75) is 39.2 Å². The van der Waals surface area contributed by atoms with Gasteiger partial charge in [0.05, 0.1) is 0 Å². The fraction of sp³-hybridized carbons (Fsp3) is 1.00. The molecule has 12 heavy (non-hydrogen) atoms. The minimum atomic E-state index is 0.344. The zero-order valence-corrected chi connectivity index (χ0v) is 8.34. The van der Waals surface area contributed by atoms with Crippen LogP contribution in [0.25, 0.3) is 0 Å². The van der Waals surface area contributed by atoms with E-state index in [2.05, 4.69) is 19.2 Å². The molecule has 2 heteroatoms. The Morgan fingerprint density at radius 2 is 2.08 bits per heavy atom. The van der Waals surface area contributed by atoms with Crippen molar-refractivity contribution in [3.63, 3.8) is 0 Å². The highest BCUT2D eigenvalue weighted by molar-refractivity contribution is 4.80. The van der Waals surface area contributed by atoms with E-state index in [0.717, 1.165) is 31.3 Å². The summed E-state index contributed by atoms with van der Waals surface area (Å²) in [4.78, 5) is 0. The molecule has 2 unspecified atom stereocenters. The number of hydrogen-bond donors (Lipinski definition) is 2. The fourth-order valence-corrected chi connectivity index (χ4v) is 1.47. The molecule has 0 amide bonds. The van der Waals surface area contributed by atoms with Crippen LogP contribution in [0.1, 0.15) is 33.1 Å². The number of hydrogen-bond acceptors (Lipinski definition) is 2. The first-order chi connectivity index (χ1) is 5.74. The molecular weight excluding hydrogens is 148 g/mol. The van der Waals surface area contributed by atoms with Gasteiger partial charge in [0.15, 0.2) is 0 Å². The molecule has 0 radical (unpaired) electrons. The van der Waals surface area contributed by atoms with Gasteiger partial charge in [-0.1, -0.05) is 13.8 Å².